The number of hydrogen-bond donors (Lipinski definition) is 1. The molecule has 2 N–H and O–H groups in total. The van der Waals surface area contributed by atoms with E-state index in [2.05, 4.69) is 20.8 Å². The fourth-order valence-electron chi connectivity index (χ4n) is 2.32. The van der Waals surface area contributed by atoms with Gasteiger partial charge < -0.3 is 5.73 Å². The van der Waals surface area contributed by atoms with Crippen LogP contribution in [0.4, 0.5) is 0 Å². The molecular weight excluding hydrogens is 316 g/mol. The summed E-state index contributed by atoms with van der Waals surface area (Å²) in [5, 5.41) is 0.755. The Morgan fingerprint density at radius 1 is 1.56 bits per heavy atom. The average Bonchev–Trinajstić information content (AvgIpc) is 2.33. The summed E-state index contributed by atoms with van der Waals surface area (Å²) in [4.78, 5) is 13.5. The number of primary amides is 1. The van der Waals surface area contributed by atoms with Crippen molar-refractivity contribution in [3.05, 3.63) is 33.3 Å². The highest BCUT2D eigenvalue weighted by molar-refractivity contribution is 9.10. The molecule has 0 aromatic heterocycles. The van der Waals surface area contributed by atoms with Crippen molar-refractivity contribution in [2.75, 3.05) is 13.1 Å². The maximum Gasteiger partial charge on any atom is 0.221 e. The lowest BCUT2D eigenvalue weighted by Crippen LogP contribution is -2.40. The number of likely N-dealkylation sites (tertiary alicyclic amines) is 1. The molecule has 1 aliphatic rings. The number of halogens is 2. The van der Waals surface area contributed by atoms with Crippen molar-refractivity contribution in [1.29, 1.82) is 0 Å². The first-order valence-corrected chi connectivity index (χ1v) is 7.19. The number of carbonyl (C=O) groups is 1. The second-order valence-electron chi connectivity index (χ2n) is 4.71. The predicted molar refractivity (Wildman–Crippen MR) is 76.3 cm³/mol. The molecule has 1 saturated heterocycles. The van der Waals surface area contributed by atoms with Crippen LogP contribution in [0.2, 0.25) is 5.02 Å². The standard InChI is InChI=1S/C13H16BrClN2O/c14-11-4-3-9(12(15)6-11)7-17-5-1-2-10(8-17)13(16)18/h3-4,6,10H,1-2,5,7-8H2,(H2,16,18). The van der Waals surface area contributed by atoms with Crippen LogP contribution in [0.15, 0.2) is 22.7 Å². The summed E-state index contributed by atoms with van der Waals surface area (Å²) in [5.74, 6) is -0.213. The molecular formula is C13H16BrClN2O. The largest absolute Gasteiger partial charge is 0.369 e. The van der Waals surface area contributed by atoms with E-state index in [1.165, 1.54) is 0 Å². The Hall–Kier alpha value is -0.580. The Balaban J connectivity index is 2.02. The molecule has 18 heavy (non-hydrogen) atoms. The van der Waals surface area contributed by atoms with Crippen LogP contribution in [0.1, 0.15) is 18.4 Å². The van der Waals surface area contributed by atoms with E-state index in [-0.39, 0.29) is 11.8 Å². The molecule has 0 aliphatic carbocycles. The van der Waals surface area contributed by atoms with Crippen LogP contribution in [-0.4, -0.2) is 23.9 Å². The minimum Gasteiger partial charge on any atom is -0.369 e. The average molecular weight is 332 g/mol. The first-order valence-electron chi connectivity index (χ1n) is 6.02. The SMILES string of the molecule is NC(=O)C1CCCN(Cc2ccc(Br)cc2Cl)C1. The third-order valence-corrected chi connectivity index (χ3v) is 4.16. The van der Waals surface area contributed by atoms with E-state index in [0.29, 0.717) is 0 Å². The van der Waals surface area contributed by atoms with E-state index >= 15 is 0 Å². The van der Waals surface area contributed by atoms with Crippen LogP contribution >= 0.6 is 27.5 Å². The molecule has 1 unspecified atom stereocenters. The Labute approximate surface area is 120 Å². The van der Waals surface area contributed by atoms with Gasteiger partial charge in [-0.2, -0.15) is 0 Å². The minimum atomic E-state index is -0.193. The number of nitrogens with two attached hydrogens (primary N) is 1. The van der Waals surface area contributed by atoms with Crippen molar-refractivity contribution in [3.8, 4) is 0 Å². The molecule has 5 heteroatoms. The molecule has 0 bridgehead atoms. The lowest BCUT2D eigenvalue weighted by atomic mass is 9.97. The van der Waals surface area contributed by atoms with Gasteiger partial charge in [-0.25, -0.2) is 0 Å². The van der Waals surface area contributed by atoms with Gasteiger partial charge in [-0.3, -0.25) is 9.69 Å². The first kappa shape index (κ1) is 13.8. The van der Waals surface area contributed by atoms with Crippen molar-refractivity contribution in [2.24, 2.45) is 11.7 Å². The van der Waals surface area contributed by atoms with Gasteiger partial charge in [-0.15, -0.1) is 0 Å². The fourth-order valence-corrected chi connectivity index (χ4v) is 3.06. The first-order chi connectivity index (χ1) is 8.56. The molecule has 2 rings (SSSR count). The van der Waals surface area contributed by atoms with Crippen molar-refractivity contribution in [1.82, 2.24) is 4.90 Å². The van der Waals surface area contributed by atoms with Gasteiger partial charge in [-0.1, -0.05) is 33.6 Å². The van der Waals surface area contributed by atoms with E-state index in [9.17, 15) is 4.79 Å². The number of piperidine rings is 1. The maximum absolute atomic E-state index is 11.2. The quantitative estimate of drug-likeness (QED) is 0.926. The monoisotopic (exact) mass is 330 g/mol. The van der Waals surface area contributed by atoms with Gasteiger partial charge in [0.15, 0.2) is 0 Å². The summed E-state index contributed by atoms with van der Waals surface area (Å²) in [5.41, 5.74) is 6.46. The number of carbonyl (C=O) groups excluding carboxylic acids is 1. The zero-order valence-corrected chi connectivity index (χ0v) is 12.4. The summed E-state index contributed by atoms with van der Waals surface area (Å²) in [7, 11) is 0. The number of rotatable bonds is 3. The Morgan fingerprint density at radius 3 is 3.00 bits per heavy atom. The van der Waals surface area contributed by atoms with Gasteiger partial charge in [0.25, 0.3) is 0 Å². The molecule has 1 aliphatic heterocycles. The van der Waals surface area contributed by atoms with Gasteiger partial charge in [-0.05, 0) is 37.1 Å². The van der Waals surface area contributed by atoms with Gasteiger partial charge >= 0.3 is 0 Å². The number of benzene rings is 1. The van der Waals surface area contributed by atoms with Crippen LogP contribution in [0.5, 0.6) is 0 Å². The third kappa shape index (κ3) is 3.46. The molecule has 1 atom stereocenters. The molecule has 0 radical (unpaired) electrons. The summed E-state index contributed by atoms with van der Waals surface area (Å²) < 4.78 is 0.977. The molecule has 0 saturated carbocycles. The zero-order chi connectivity index (χ0) is 13.1. The van der Waals surface area contributed by atoms with Crippen LogP contribution in [0, 0.1) is 5.92 Å². The summed E-state index contributed by atoms with van der Waals surface area (Å²) in [6.45, 7) is 2.51. The Bertz CT molecular complexity index is 453. The normalized spacial score (nSPS) is 20.9. The molecule has 1 aromatic rings. The fraction of sp³-hybridized carbons (Fsp3) is 0.462. The molecule has 3 nitrogen and oxygen atoms in total. The number of amides is 1. The zero-order valence-electron chi connectivity index (χ0n) is 10.0. The molecule has 1 fully saturated rings. The van der Waals surface area contributed by atoms with Crippen molar-refractivity contribution >= 4 is 33.4 Å². The van der Waals surface area contributed by atoms with Gasteiger partial charge in [0, 0.05) is 22.6 Å². The molecule has 98 valence electrons. The molecule has 1 heterocycles. The van der Waals surface area contributed by atoms with Gasteiger partial charge in [0.05, 0.1) is 5.92 Å². The lowest BCUT2D eigenvalue weighted by molar-refractivity contribution is -0.123. The lowest BCUT2D eigenvalue weighted by Gasteiger charge is -2.31. The second kappa shape index (κ2) is 6.04. The van der Waals surface area contributed by atoms with E-state index < -0.39 is 0 Å². The maximum atomic E-state index is 11.2. The minimum absolute atomic E-state index is 0.0204. The third-order valence-electron chi connectivity index (χ3n) is 3.32. The molecule has 1 amide bonds. The topological polar surface area (TPSA) is 46.3 Å². The Morgan fingerprint density at radius 2 is 2.33 bits per heavy atom. The van der Waals surface area contributed by atoms with Crippen molar-refractivity contribution in [2.45, 2.75) is 19.4 Å². The van der Waals surface area contributed by atoms with E-state index in [1.54, 1.807) is 0 Å². The number of hydrogen-bond acceptors (Lipinski definition) is 2. The molecule has 1 aromatic carbocycles. The highest BCUT2D eigenvalue weighted by Gasteiger charge is 2.24. The summed E-state index contributed by atoms with van der Waals surface area (Å²) >= 11 is 9.59. The van der Waals surface area contributed by atoms with E-state index in [4.69, 9.17) is 17.3 Å². The van der Waals surface area contributed by atoms with Crippen molar-refractivity contribution < 1.29 is 4.79 Å². The van der Waals surface area contributed by atoms with Gasteiger partial charge in [0.2, 0.25) is 5.91 Å². The highest BCUT2D eigenvalue weighted by atomic mass is 79.9. The van der Waals surface area contributed by atoms with Crippen LogP contribution in [0.3, 0.4) is 0 Å². The van der Waals surface area contributed by atoms with Crippen LogP contribution < -0.4 is 5.73 Å². The summed E-state index contributed by atoms with van der Waals surface area (Å²) in [6, 6.07) is 5.89. The Kier molecular flexibility index (Phi) is 4.65. The van der Waals surface area contributed by atoms with Crippen LogP contribution in [-0.2, 0) is 11.3 Å². The van der Waals surface area contributed by atoms with Crippen molar-refractivity contribution in [3.63, 3.8) is 0 Å². The highest BCUT2D eigenvalue weighted by Crippen LogP contribution is 2.24. The molecule has 0 spiro atoms. The smallest absolute Gasteiger partial charge is 0.221 e. The predicted octanol–water partition coefficient (Wildman–Crippen LogP) is 2.80. The second-order valence-corrected chi connectivity index (χ2v) is 6.04. The number of nitrogens with zero attached hydrogens (tertiary/aromatic N) is 1. The van der Waals surface area contributed by atoms with E-state index in [1.807, 2.05) is 18.2 Å². The van der Waals surface area contributed by atoms with Gasteiger partial charge in [0.1, 0.15) is 0 Å². The van der Waals surface area contributed by atoms with E-state index in [0.717, 1.165) is 47.5 Å². The van der Waals surface area contributed by atoms with Crippen LogP contribution in [0.25, 0.3) is 0 Å². The summed E-state index contributed by atoms with van der Waals surface area (Å²) in [6.07, 6.45) is 1.92.